The topological polar surface area (TPSA) is 51.0 Å². The van der Waals surface area contributed by atoms with Gasteiger partial charge in [-0.05, 0) is 31.0 Å². The summed E-state index contributed by atoms with van der Waals surface area (Å²) in [4.78, 5) is 4.15. The standard InChI is InChI=1S/C13H15Cl2N3O/c1-3-12(9-4-5-10(14)11(15)6-9)16-7-13-17-8(2)18-19-13/h4-6,12,16H,3,7H2,1-2H3. The van der Waals surface area contributed by atoms with Gasteiger partial charge < -0.3 is 9.84 Å². The summed E-state index contributed by atoms with van der Waals surface area (Å²) in [5.41, 5.74) is 1.09. The molecule has 1 unspecified atom stereocenters. The second kappa shape index (κ2) is 6.37. The van der Waals surface area contributed by atoms with E-state index in [2.05, 4.69) is 22.4 Å². The molecule has 1 atom stereocenters. The lowest BCUT2D eigenvalue weighted by Gasteiger charge is -2.16. The molecule has 0 fully saturated rings. The summed E-state index contributed by atoms with van der Waals surface area (Å²) in [5.74, 6) is 1.22. The molecule has 0 aliphatic carbocycles. The van der Waals surface area contributed by atoms with E-state index in [4.69, 9.17) is 27.7 Å². The summed E-state index contributed by atoms with van der Waals surface area (Å²) in [5, 5.41) is 8.24. The molecule has 19 heavy (non-hydrogen) atoms. The van der Waals surface area contributed by atoms with Crippen LogP contribution in [0.25, 0.3) is 0 Å². The fourth-order valence-corrected chi connectivity index (χ4v) is 2.16. The van der Waals surface area contributed by atoms with E-state index in [1.165, 1.54) is 0 Å². The van der Waals surface area contributed by atoms with Crippen LogP contribution in [0.1, 0.15) is 36.7 Å². The molecule has 0 radical (unpaired) electrons. The Morgan fingerprint density at radius 3 is 2.68 bits per heavy atom. The monoisotopic (exact) mass is 299 g/mol. The first-order chi connectivity index (χ1) is 9.10. The lowest BCUT2D eigenvalue weighted by molar-refractivity contribution is 0.353. The van der Waals surface area contributed by atoms with Crippen molar-refractivity contribution in [1.82, 2.24) is 15.5 Å². The summed E-state index contributed by atoms with van der Waals surface area (Å²) in [6.45, 7) is 4.42. The van der Waals surface area contributed by atoms with Gasteiger partial charge in [0.25, 0.3) is 0 Å². The van der Waals surface area contributed by atoms with Crippen LogP contribution in [0, 0.1) is 6.92 Å². The highest BCUT2D eigenvalue weighted by atomic mass is 35.5. The first-order valence-corrected chi connectivity index (χ1v) is 6.83. The maximum absolute atomic E-state index is 6.03. The van der Waals surface area contributed by atoms with Gasteiger partial charge in [0, 0.05) is 6.04 Å². The smallest absolute Gasteiger partial charge is 0.240 e. The number of aryl methyl sites for hydroxylation is 1. The third kappa shape index (κ3) is 3.69. The number of nitrogens with zero attached hydrogens (tertiary/aromatic N) is 2. The van der Waals surface area contributed by atoms with Gasteiger partial charge in [0.05, 0.1) is 16.6 Å². The SMILES string of the molecule is CCC(NCc1nc(C)no1)c1ccc(Cl)c(Cl)c1. The van der Waals surface area contributed by atoms with E-state index in [0.717, 1.165) is 12.0 Å². The van der Waals surface area contributed by atoms with Gasteiger partial charge in [0.15, 0.2) is 5.82 Å². The second-order valence-corrected chi connectivity index (χ2v) is 5.07. The molecule has 0 spiro atoms. The third-order valence-corrected chi connectivity index (χ3v) is 3.56. The molecule has 1 aromatic carbocycles. The van der Waals surface area contributed by atoms with Gasteiger partial charge in [-0.15, -0.1) is 0 Å². The van der Waals surface area contributed by atoms with Crippen LogP contribution < -0.4 is 5.32 Å². The molecule has 102 valence electrons. The molecule has 0 saturated carbocycles. The van der Waals surface area contributed by atoms with Gasteiger partial charge in [-0.25, -0.2) is 0 Å². The number of rotatable bonds is 5. The number of nitrogens with one attached hydrogen (secondary N) is 1. The Bertz CT molecular complexity index is 557. The van der Waals surface area contributed by atoms with Crippen LogP contribution in [0.3, 0.4) is 0 Å². The van der Waals surface area contributed by atoms with Crippen LogP contribution in [-0.2, 0) is 6.54 Å². The Balaban J connectivity index is 2.05. The minimum atomic E-state index is 0.168. The van der Waals surface area contributed by atoms with Crippen LogP contribution in [0.4, 0.5) is 0 Å². The molecular formula is C13H15Cl2N3O. The Kier molecular flexibility index (Phi) is 4.80. The molecule has 0 saturated heterocycles. The Morgan fingerprint density at radius 1 is 1.32 bits per heavy atom. The second-order valence-electron chi connectivity index (χ2n) is 4.25. The van der Waals surface area contributed by atoms with Crippen molar-refractivity contribution in [3.05, 3.63) is 45.5 Å². The van der Waals surface area contributed by atoms with E-state index in [1.54, 1.807) is 13.0 Å². The highest BCUT2D eigenvalue weighted by molar-refractivity contribution is 6.42. The molecule has 2 aromatic rings. The zero-order valence-electron chi connectivity index (χ0n) is 10.8. The van der Waals surface area contributed by atoms with E-state index in [0.29, 0.717) is 28.3 Å². The van der Waals surface area contributed by atoms with Crippen molar-refractivity contribution in [3.63, 3.8) is 0 Å². The molecule has 0 aliphatic rings. The number of halogens is 2. The quantitative estimate of drug-likeness (QED) is 0.909. The van der Waals surface area contributed by atoms with Crippen LogP contribution in [-0.4, -0.2) is 10.1 Å². The molecule has 0 bridgehead atoms. The van der Waals surface area contributed by atoms with Crippen molar-refractivity contribution in [3.8, 4) is 0 Å². The van der Waals surface area contributed by atoms with Crippen LogP contribution in [0.2, 0.25) is 10.0 Å². The highest BCUT2D eigenvalue weighted by Crippen LogP contribution is 2.27. The number of aromatic nitrogens is 2. The number of hydrogen-bond acceptors (Lipinski definition) is 4. The van der Waals surface area contributed by atoms with Gasteiger partial charge in [-0.3, -0.25) is 0 Å². The maximum atomic E-state index is 6.03. The maximum Gasteiger partial charge on any atom is 0.240 e. The van der Waals surface area contributed by atoms with E-state index in [9.17, 15) is 0 Å². The van der Waals surface area contributed by atoms with E-state index < -0.39 is 0 Å². The average Bonchev–Trinajstić information content (AvgIpc) is 2.80. The van der Waals surface area contributed by atoms with Gasteiger partial charge in [0.2, 0.25) is 5.89 Å². The first-order valence-electron chi connectivity index (χ1n) is 6.07. The molecular weight excluding hydrogens is 285 g/mol. The minimum absolute atomic E-state index is 0.168. The molecule has 1 aromatic heterocycles. The van der Waals surface area contributed by atoms with Crippen molar-refractivity contribution in [1.29, 1.82) is 0 Å². The lowest BCUT2D eigenvalue weighted by Crippen LogP contribution is -2.20. The number of benzene rings is 1. The number of hydrogen-bond donors (Lipinski definition) is 1. The lowest BCUT2D eigenvalue weighted by atomic mass is 10.0. The van der Waals surface area contributed by atoms with Crippen LogP contribution in [0.15, 0.2) is 22.7 Å². The normalized spacial score (nSPS) is 12.6. The molecule has 2 rings (SSSR count). The van der Waals surface area contributed by atoms with Crippen LogP contribution in [0.5, 0.6) is 0 Å². The molecule has 4 nitrogen and oxygen atoms in total. The first kappa shape index (κ1) is 14.3. The zero-order chi connectivity index (χ0) is 13.8. The molecule has 1 heterocycles. The average molecular weight is 300 g/mol. The Morgan fingerprint density at radius 2 is 2.11 bits per heavy atom. The van der Waals surface area contributed by atoms with Gasteiger partial charge in [-0.2, -0.15) is 4.98 Å². The van der Waals surface area contributed by atoms with Crippen LogP contribution >= 0.6 is 23.2 Å². The fourth-order valence-electron chi connectivity index (χ4n) is 1.85. The van der Waals surface area contributed by atoms with Gasteiger partial charge in [-0.1, -0.05) is 41.3 Å². The van der Waals surface area contributed by atoms with Gasteiger partial charge >= 0.3 is 0 Å². The van der Waals surface area contributed by atoms with Gasteiger partial charge in [0.1, 0.15) is 0 Å². The molecule has 0 aliphatic heterocycles. The van der Waals surface area contributed by atoms with Crippen molar-refractivity contribution >= 4 is 23.2 Å². The Hall–Kier alpha value is -1.10. The predicted octanol–water partition coefficient (Wildman–Crippen LogP) is 3.93. The molecule has 6 heteroatoms. The summed E-state index contributed by atoms with van der Waals surface area (Å²) < 4.78 is 5.07. The van der Waals surface area contributed by atoms with Crippen molar-refractivity contribution in [2.45, 2.75) is 32.9 Å². The fraction of sp³-hybridized carbons (Fsp3) is 0.385. The van der Waals surface area contributed by atoms with E-state index in [1.807, 2.05) is 12.1 Å². The highest BCUT2D eigenvalue weighted by Gasteiger charge is 2.12. The zero-order valence-corrected chi connectivity index (χ0v) is 12.3. The van der Waals surface area contributed by atoms with Crippen molar-refractivity contribution < 1.29 is 4.52 Å². The van der Waals surface area contributed by atoms with E-state index in [-0.39, 0.29) is 6.04 Å². The molecule has 1 N–H and O–H groups in total. The largest absolute Gasteiger partial charge is 0.338 e. The summed E-state index contributed by atoms with van der Waals surface area (Å²) in [7, 11) is 0. The predicted molar refractivity (Wildman–Crippen MR) is 75.4 cm³/mol. The Labute approximate surface area is 122 Å². The minimum Gasteiger partial charge on any atom is -0.338 e. The third-order valence-electron chi connectivity index (χ3n) is 2.82. The molecule has 0 amide bonds. The van der Waals surface area contributed by atoms with Crippen molar-refractivity contribution in [2.75, 3.05) is 0 Å². The summed E-state index contributed by atoms with van der Waals surface area (Å²) in [6.07, 6.45) is 0.922. The van der Waals surface area contributed by atoms with E-state index >= 15 is 0 Å². The summed E-state index contributed by atoms with van der Waals surface area (Å²) >= 11 is 12.0. The summed E-state index contributed by atoms with van der Waals surface area (Å²) in [6, 6.07) is 5.82. The van der Waals surface area contributed by atoms with Crippen molar-refractivity contribution in [2.24, 2.45) is 0 Å².